The first-order chi connectivity index (χ1) is 10.3. The van der Waals surface area contributed by atoms with E-state index in [9.17, 15) is 4.79 Å². The number of aliphatic hydroxyl groups is 1. The minimum Gasteiger partial charge on any atom is -0.394 e. The third-order valence-electron chi connectivity index (χ3n) is 3.72. The number of rotatable bonds is 5. The fourth-order valence-corrected chi connectivity index (χ4v) is 3.39. The second kappa shape index (κ2) is 6.65. The number of thiazole rings is 1. The van der Waals surface area contributed by atoms with Gasteiger partial charge in [0.05, 0.1) is 25.0 Å². The fraction of sp³-hybridized carbons (Fsp3) is 0.571. The molecule has 0 atom stereocenters. The molecule has 0 saturated carbocycles. The number of fused-ring (bicyclic) bond motifs is 1. The van der Waals surface area contributed by atoms with Crippen LogP contribution in [0.3, 0.4) is 0 Å². The predicted octanol–water partition coefficient (Wildman–Crippen LogP) is 0.729. The normalized spacial score (nSPS) is 17.6. The Morgan fingerprint density at radius 3 is 3.00 bits per heavy atom. The van der Waals surface area contributed by atoms with Crippen molar-refractivity contribution in [1.29, 1.82) is 0 Å². The van der Waals surface area contributed by atoms with Gasteiger partial charge in [0.1, 0.15) is 0 Å². The number of hydrogen-bond donors (Lipinski definition) is 1. The van der Waals surface area contributed by atoms with E-state index in [0.717, 1.165) is 36.6 Å². The highest BCUT2D eigenvalue weighted by atomic mass is 32.1. The largest absolute Gasteiger partial charge is 0.394 e. The summed E-state index contributed by atoms with van der Waals surface area (Å²) in [6.45, 7) is 3.06. The van der Waals surface area contributed by atoms with Crippen molar-refractivity contribution in [3.05, 3.63) is 33.7 Å². The maximum Gasteiger partial charge on any atom is 0.258 e. The number of piperidine rings is 1. The average Bonchev–Trinajstić information content (AvgIpc) is 2.95. The smallest absolute Gasteiger partial charge is 0.258 e. The molecule has 6 nitrogen and oxygen atoms in total. The van der Waals surface area contributed by atoms with Gasteiger partial charge in [-0.05, 0) is 12.8 Å². The highest BCUT2D eigenvalue weighted by Crippen LogP contribution is 2.16. The summed E-state index contributed by atoms with van der Waals surface area (Å²) in [6, 6.07) is 1.62. The van der Waals surface area contributed by atoms with Crippen LogP contribution in [0.4, 0.5) is 0 Å². The Hall–Kier alpha value is -1.28. The second-order valence-electron chi connectivity index (χ2n) is 5.21. The van der Waals surface area contributed by atoms with Crippen LogP contribution >= 0.6 is 11.3 Å². The number of likely N-dealkylation sites (tertiary alicyclic amines) is 1. The quantitative estimate of drug-likeness (QED) is 0.882. The maximum atomic E-state index is 11.9. The lowest BCUT2D eigenvalue weighted by Gasteiger charge is -2.31. The molecule has 1 saturated heterocycles. The van der Waals surface area contributed by atoms with Gasteiger partial charge in [-0.2, -0.15) is 0 Å². The molecule has 0 bridgehead atoms. The third kappa shape index (κ3) is 3.49. The topological polar surface area (TPSA) is 67.1 Å². The summed E-state index contributed by atoms with van der Waals surface area (Å²) in [5.74, 6) is 0. The van der Waals surface area contributed by atoms with Crippen LogP contribution in [0, 0.1) is 0 Å². The van der Waals surface area contributed by atoms with E-state index in [1.807, 2.05) is 5.38 Å². The molecule has 1 N–H and O–H groups in total. The summed E-state index contributed by atoms with van der Waals surface area (Å²) in [7, 11) is 0. The zero-order valence-corrected chi connectivity index (χ0v) is 12.6. The Bertz CT molecular complexity index is 646. The Morgan fingerprint density at radius 1 is 1.43 bits per heavy atom. The molecule has 0 amide bonds. The minimum absolute atomic E-state index is 0.0163. The molecule has 1 fully saturated rings. The van der Waals surface area contributed by atoms with Crippen molar-refractivity contribution in [3.8, 4) is 0 Å². The van der Waals surface area contributed by atoms with Crippen molar-refractivity contribution in [3.63, 3.8) is 0 Å². The fourth-order valence-electron chi connectivity index (χ4n) is 2.65. The lowest BCUT2D eigenvalue weighted by Crippen LogP contribution is -2.37. The van der Waals surface area contributed by atoms with Gasteiger partial charge in [0.15, 0.2) is 4.96 Å². The van der Waals surface area contributed by atoms with Crippen molar-refractivity contribution in [1.82, 2.24) is 14.3 Å². The molecule has 7 heteroatoms. The summed E-state index contributed by atoms with van der Waals surface area (Å²) in [5.41, 5.74) is 0.814. The molecule has 0 aliphatic carbocycles. The van der Waals surface area contributed by atoms with E-state index in [1.54, 1.807) is 16.7 Å². The molecule has 1 aliphatic rings. The molecule has 0 unspecified atom stereocenters. The number of ether oxygens (including phenoxy) is 1. The zero-order valence-electron chi connectivity index (χ0n) is 11.8. The average molecular weight is 309 g/mol. The zero-order chi connectivity index (χ0) is 14.7. The van der Waals surface area contributed by atoms with Gasteiger partial charge in [0, 0.05) is 37.3 Å². The molecule has 1 aliphatic heterocycles. The molecule has 2 aromatic rings. The van der Waals surface area contributed by atoms with E-state index < -0.39 is 0 Å². The van der Waals surface area contributed by atoms with Crippen LogP contribution < -0.4 is 5.56 Å². The minimum atomic E-state index is -0.0163. The lowest BCUT2D eigenvalue weighted by atomic mass is 10.1. The molecule has 21 heavy (non-hydrogen) atoms. The van der Waals surface area contributed by atoms with Crippen molar-refractivity contribution < 1.29 is 9.84 Å². The van der Waals surface area contributed by atoms with E-state index in [4.69, 9.17) is 9.84 Å². The summed E-state index contributed by atoms with van der Waals surface area (Å²) in [5, 5.41) is 10.6. The van der Waals surface area contributed by atoms with Crippen molar-refractivity contribution >= 4 is 16.3 Å². The SMILES string of the molecule is O=c1cc(CN2CCC(OCCO)CC2)nc2sccn12. The summed E-state index contributed by atoms with van der Waals surface area (Å²) < 4.78 is 7.13. The van der Waals surface area contributed by atoms with Crippen LogP contribution in [-0.4, -0.2) is 51.8 Å². The van der Waals surface area contributed by atoms with Gasteiger partial charge in [-0.15, -0.1) is 11.3 Å². The Kier molecular flexibility index (Phi) is 4.64. The first-order valence-corrected chi connectivity index (χ1v) is 8.05. The van der Waals surface area contributed by atoms with E-state index in [-0.39, 0.29) is 18.3 Å². The van der Waals surface area contributed by atoms with Gasteiger partial charge in [-0.1, -0.05) is 0 Å². The van der Waals surface area contributed by atoms with Crippen LogP contribution in [0.25, 0.3) is 4.96 Å². The second-order valence-corrected chi connectivity index (χ2v) is 6.08. The molecule has 0 radical (unpaired) electrons. The Morgan fingerprint density at radius 2 is 2.24 bits per heavy atom. The van der Waals surface area contributed by atoms with Gasteiger partial charge in [-0.3, -0.25) is 14.1 Å². The monoisotopic (exact) mass is 309 g/mol. The van der Waals surface area contributed by atoms with Gasteiger partial charge in [-0.25, -0.2) is 4.98 Å². The number of aromatic nitrogens is 2. The summed E-state index contributed by atoms with van der Waals surface area (Å²) in [6.07, 6.45) is 3.91. The van der Waals surface area contributed by atoms with Crippen molar-refractivity contribution in [2.24, 2.45) is 0 Å². The van der Waals surface area contributed by atoms with Crippen LogP contribution in [0.15, 0.2) is 22.4 Å². The van der Waals surface area contributed by atoms with Crippen LogP contribution in [0.2, 0.25) is 0 Å². The predicted molar refractivity (Wildman–Crippen MR) is 80.7 cm³/mol. The van der Waals surface area contributed by atoms with E-state index in [1.165, 1.54) is 11.3 Å². The van der Waals surface area contributed by atoms with Gasteiger partial charge >= 0.3 is 0 Å². The first-order valence-electron chi connectivity index (χ1n) is 7.17. The standard InChI is InChI=1S/C14H19N3O3S/c18-6-7-20-12-1-3-16(4-2-12)10-11-9-13(19)17-5-8-21-14(17)15-11/h5,8-9,12,18H,1-4,6-7,10H2. The van der Waals surface area contributed by atoms with E-state index >= 15 is 0 Å². The Balaban J connectivity index is 1.60. The van der Waals surface area contributed by atoms with Gasteiger partial charge in [0.2, 0.25) is 0 Å². The van der Waals surface area contributed by atoms with E-state index in [2.05, 4.69) is 9.88 Å². The van der Waals surface area contributed by atoms with Gasteiger partial charge < -0.3 is 9.84 Å². The molecular weight excluding hydrogens is 290 g/mol. The molecule has 0 spiro atoms. The summed E-state index contributed by atoms with van der Waals surface area (Å²) in [4.78, 5) is 19.5. The number of hydrogen-bond acceptors (Lipinski definition) is 6. The molecule has 3 rings (SSSR count). The molecule has 3 heterocycles. The van der Waals surface area contributed by atoms with Crippen LogP contribution in [0.1, 0.15) is 18.5 Å². The third-order valence-corrected chi connectivity index (χ3v) is 4.48. The number of aliphatic hydroxyl groups excluding tert-OH is 1. The maximum absolute atomic E-state index is 11.9. The molecule has 2 aromatic heterocycles. The van der Waals surface area contributed by atoms with Gasteiger partial charge in [0.25, 0.3) is 5.56 Å². The van der Waals surface area contributed by atoms with E-state index in [0.29, 0.717) is 13.2 Å². The Labute approximate surface area is 126 Å². The highest BCUT2D eigenvalue weighted by Gasteiger charge is 2.20. The lowest BCUT2D eigenvalue weighted by molar-refractivity contribution is -0.00918. The summed E-state index contributed by atoms with van der Waals surface area (Å²) >= 11 is 1.48. The van der Waals surface area contributed by atoms with Crippen LogP contribution in [0.5, 0.6) is 0 Å². The van der Waals surface area contributed by atoms with Crippen molar-refractivity contribution in [2.45, 2.75) is 25.5 Å². The van der Waals surface area contributed by atoms with Crippen LogP contribution in [-0.2, 0) is 11.3 Å². The molecular formula is C14H19N3O3S. The molecule has 114 valence electrons. The van der Waals surface area contributed by atoms with Crippen molar-refractivity contribution in [2.75, 3.05) is 26.3 Å². The first kappa shape index (κ1) is 14.6. The highest BCUT2D eigenvalue weighted by molar-refractivity contribution is 7.15. The number of nitrogens with zero attached hydrogens (tertiary/aromatic N) is 3. The molecule has 0 aromatic carbocycles.